The third-order valence-electron chi connectivity index (χ3n) is 1.98. The number of allylic oxidation sites excluding steroid dienone is 2. The zero-order valence-electron chi connectivity index (χ0n) is 7.14. The first kappa shape index (κ1) is 8.01. The average Bonchev–Trinajstić information content (AvgIpc) is 2.20. The molecule has 0 unspecified atom stereocenters. The molecule has 0 saturated heterocycles. The van der Waals surface area contributed by atoms with Gasteiger partial charge in [0.1, 0.15) is 5.66 Å². The number of hydrogen-bond donors (Lipinski definition) is 2. The summed E-state index contributed by atoms with van der Waals surface area (Å²) in [6.07, 6.45) is 9.24. The fourth-order valence-electron chi connectivity index (χ4n) is 1.26. The Balaban J connectivity index is 2.35. The molecule has 0 aliphatic carbocycles. The molecule has 1 atom stereocenters. The van der Waals surface area contributed by atoms with Gasteiger partial charge in [-0.1, -0.05) is 12.1 Å². The van der Waals surface area contributed by atoms with Crippen molar-refractivity contribution < 1.29 is 0 Å². The van der Waals surface area contributed by atoms with Crippen LogP contribution in [0.15, 0.2) is 48.8 Å². The molecule has 0 saturated carbocycles. The van der Waals surface area contributed by atoms with Gasteiger partial charge < -0.3 is 11.1 Å². The highest BCUT2D eigenvalue weighted by Crippen LogP contribution is 2.15. The lowest BCUT2D eigenvalue weighted by Gasteiger charge is -2.27. The van der Waals surface area contributed by atoms with Crippen molar-refractivity contribution in [2.75, 3.05) is 0 Å². The van der Waals surface area contributed by atoms with Gasteiger partial charge in [-0.25, -0.2) is 0 Å². The summed E-state index contributed by atoms with van der Waals surface area (Å²) in [4.78, 5) is 4.20. The van der Waals surface area contributed by atoms with Gasteiger partial charge in [0.05, 0.1) is 5.69 Å². The predicted octanol–water partition coefficient (Wildman–Crippen LogP) is 0.866. The van der Waals surface area contributed by atoms with Gasteiger partial charge in [0, 0.05) is 6.20 Å². The molecule has 1 aromatic rings. The van der Waals surface area contributed by atoms with Crippen LogP contribution in [0.5, 0.6) is 0 Å². The van der Waals surface area contributed by atoms with Gasteiger partial charge in [-0.05, 0) is 30.5 Å². The van der Waals surface area contributed by atoms with Crippen LogP contribution in [0, 0.1) is 0 Å². The first-order chi connectivity index (χ1) is 6.31. The van der Waals surface area contributed by atoms with E-state index >= 15 is 0 Å². The van der Waals surface area contributed by atoms with Crippen LogP contribution in [-0.4, -0.2) is 4.98 Å². The van der Waals surface area contributed by atoms with E-state index in [1.165, 1.54) is 0 Å². The number of nitrogens with two attached hydrogens (primary N) is 1. The number of nitrogens with one attached hydrogen (secondary N) is 1. The lowest BCUT2D eigenvalue weighted by molar-refractivity contribution is 0.479. The largest absolute Gasteiger partial charge is 0.365 e. The lowest BCUT2D eigenvalue weighted by atomic mass is 10.0. The van der Waals surface area contributed by atoms with E-state index in [0.29, 0.717) is 0 Å². The third-order valence-corrected chi connectivity index (χ3v) is 1.98. The van der Waals surface area contributed by atoms with E-state index < -0.39 is 5.66 Å². The molecule has 0 spiro atoms. The van der Waals surface area contributed by atoms with Crippen molar-refractivity contribution in [3.05, 3.63) is 54.5 Å². The van der Waals surface area contributed by atoms with Crippen LogP contribution < -0.4 is 11.1 Å². The first-order valence-corrected chi connectivity index (χ1v) is 4.14. The van der Waals surface area contributed by atoms with E-state index in [4.69, 9.17) is 5.73 Å². The molecule has 0 fully saturated rings. The van der Waals surface area contributed by atoms with Crippen LogP contribution in [0.1, 0.15) is 5.69 Å². The molecule has 2 rings (SSSR count). The van der Waals surface area contributed by atoms with Crippen molar-refractivity contribution >= 4 is 0 Å². The molecule has 3 N–H and O–H groups in total. The molecule has 1 aliphatic rings. The Kier molecular flexibility index (Phi) is 1.87. The highest BCUT2D eigenvalue weighted by atomic mass is 15.1. The predicted molar refractivity (Wildman–Crippen MR) is 51.5 cm³/mol. The molecule has 0 radical (unpaired) electrons. The highest BCUT2D eigenvalue weighted by molar-refractivity contribution is 5.27. The van der Waals surface area contributed by atoms with E-state index in [2.05, 4.69) is 10.3 Å². The Morgan fingerprint density at radius 1 is 1.31 bits per heavy atom. The molecule has 0 aromatic carbocycles. The smallest absolute Gasteiger partial charge is 0.149 e. The summed E-state index contributed by atoms with van der Waals surface area (Å²) in [5.74, 6) is 0. The summed E-state index contributed by atoms with van der Waals surface area (Å²) in [6.45, 7) is 0. The molecule has 0 amide bonds. The van der Waals surface area contributed by atoms with Crippen molar-refractivity contribution in [1.29, 1.82) is 0 Å². The van der Waals surface area contributed by atoms with Gasteiger partial charge in [-0.2, -0.15) is 0 Å². The van der Waals surface area contributed by atoms with Crippen LogP contribution in [0.3, 0.4) is 0 Å². The Hall–Kier alpha value is -1.61. The van der Waals surface area contributed by atoms with Gasteiger partial charge in [-0.3, -0.25) is 4.98 Å². The molecule has 0 bridgehead atoms. The maximum absolute atomic E-state index is 6.07. The second-order valence-electron chi connectivity index (χ2n) is 2.95. The quantitative estimate of drug-likeness (QED) is 0.662. The highest BCUT2D eigenvalue weighted by Gasteiger charge is 2.24. The lowest BCUT2D eigenvalue weighted by Crippen LogP contribution is -2.47. The topological polar surface area (TPSA) is 50.9 Å². The van der Waals surface area contributed by atoms with Crippen molar-refractivity contribution in [2.24, 2.45) is 5.73 Å². The van der Waals surface area contributed by atoms with Gasteiger partial charge >= 0.3 is 0 Å². The van der Waals surface area contributed by atoms with Gasteiger partial charge in [-0.15, -0.1) is 0 Å². The molecule has 66 valence electrons. The molecule has 3 nitrogen and oxygen atoms in total. The maximum atomic E-state index is 6.07. The normalized spacial score (nSPS) is 25.6. The van der Waals surface area contributed by atoms with Crippen LogP contribution in [0.4, 0.5) is 0 Å². The Bertz CT molecular complexity index is 342. The van der Waals surface area contributed by atoms with Crippen molar-refractivity contribution in [1.82, 2.24) is 10.3 Å². The van der Waals surface area contributed by atoms with Crippen LogP contribution in [0.25, 0.3) is 0 Å². The summed E-state index contributed by atoms with van der Waals surface area (Å²) in [7, 11) is 0. The number of hydrogen-bond acceptors (Lipinski definition) is 3. The number of rotatable bonds is 1. The molecule has 1 aromatic heterocycles. The van der Waals surface area contributed by atoms with Crippen LogP contribution in [-0.2, 0) is 5.66 Å². The second-order valence-corrected chi connectivity index (χ2v) is 2.95. The molecular weight excluding hydrogens is 162 g/mol. The van der Waals surface area contributed by atoms with E-state index in [9.17, 15) is 0 Å². The average molecular weight is 173 g/mol. The summed E-state index contributed by atoms with van der Waals surface area (Å²) >= 11 is 0. The maximum Gasteiger partial charge on any atom is 0.149 e. The minimum Gasteiger partial charge on any atom is -0.365 e. The molecular formula is C10H11N3. The fourth-order valence-corrected chi connectivity index (χ4v) is 1.26. The first-order valence-electron chi connectivity index (χ1n) is 4.14. The van der Waals surface area contributed by atoms with Crippen molar-refractivity contribution in [3.63, 3.8) is 0 Å². The summed E-state index contributed by atoms with van der Waals surface area (Å²) < 4.78 is 0. The number of aromatic nitrogens is 1. The molecule has 2 heterocycles. The Morgan fingerprint density at radius 3 is 2.85 bits per heavy atom. The summed E-state index contributed by atoms with van der Waals surface area (Å²) in [5.41, 5.74) is 6.23. The molecule has 1 aliphatic heterocycles. The summed E-state index contributed by atoms with van der Waals surface area (Å²) in [5, 5.41) is 3.06. The zero-order chi connectivity index (χ0) is 9.15. The Morgan fingerprint density at radius 2 is 2.23 bits per heavy atom. The third kappa shape index (κ3) is 1.46. The summed E-state index contributed by atoms with van der Waals surface area (Å²) in [6, 6.07) is 5.69. The van der Waals surface area contributed by atoms with Gasteiger partial charge in [0.2, 0.25) is 0 Å². The number of nitrogens with zero attached hydrogens (tertiary/aromatic N) is 1. The Labute approximate surface area is 77.0 Å². The number of dihydropyridines is 1. The van der Waals surface area contributed by atoms with Crippen LogP contribution in [0.2, 0.25) is 0 Å². The van der Waals surface area contributed by atoms with Crippen molar-refractivity contribution in [2.45, 2.75) is 5.66 Å². The molecule has 13 heavy (non-hydrogen) atoms. The second kappa shape index (κ2) is 3.03. The van der Waals surface area contributed by atoms with Crippen LogP contribution >= 0.6 is 0 Å². The number of pyridine rings is 1. The standard InChI is InChI=1S/C10H11N3/c11-10(6-2-4-8-13-10)9-5-1-3-7-12-9/h1-8,13H,11H2/t10-/m0/s1. The van der Waals surface area contributed by atoms with Crippen molar-refractivity contribution in [3.8, 4) is 0 Å². The van der Waals surface area contributed by atoms with E-state index in [1.54, 1.807) is 6.20 Å². The van der Waals surface area contributed by atoms with E-state index in [-0.39, 0.29) is 0 Å². The minimum atomic E-state index is -0.657. The molecule has 3 heteroatoms. The SMILES string of the molecule is N[C@@]1(c2ccccn2)C=CC=CN1. The zero-order valence-corrected chi connectivity index (χ0v) is 7.14. The minimum absolute atomic E-state index is 0.657. The van der Waals surface area contributed by atoms with E-state index in [1.807, 2.05) is 42.6 Å². The van der Waals surface area contributed by atoms with E-state index in [0.717, 1.165) is 5.69 Å². The fraction of sp³-hybridized carbons (Fsp3) is 0.100. The van der Waals surface area contributed by atoms with Gasteiger partial charge in [0.15, 0.2) is 0 Å². The van der Waals surface area contributed by atoms with Gasteiger partial charge in [0.25, 0.3) is 0 Å². The monoisotopic (exact) mass is 173 g/mol.